The Hall–Kier alpha value is -8.14. The highest BCUT2D eigenvalue weighted by atomic mass is 15.2. The third kappa shape index (κ3) is 6.32. The molecule has 3 aliphatic rings. The smallest absolute Gasteiger partial charge is 0.0561 e. The molecule has 3 heteroatoms. The minimum absolute atomic E-state index is 0.0102. The lowest BCUT2D eigenvalue weighted by Crippen LogP contribution is -2.19. The maximum Gasteiger partial charge on any atom is 0.0561 e. The van der Waals surface area contributed by atoms with Crippen LogP contribution in [0.25, 0.3) is 54.6 Å². The van der Waals surface area contributed by atoms with Gasteiger partial charge in [0.05, 0.1) is 17.1 Å². The van der Waals surface area contributed by atoms with Gasteiger partial charge in [-0.05, 0) is 170 Å². The topological polar surface area (TPSA) is 9.72 Å². The van der Waals surface area contributed by atoms with Gasteiger partial charge >= 0.3 is 0 Å². The summed E-state index contributed by atoms with van der Waals surface area (Å²) in [5, 5.41) is 7.56. The Morgan fingerprint density at radius 3 is 1.23 bits per heavy atom. The Morgan fingerprint density at radius 2 is 0.770 bits per heavy atom. The highest BCUT2D eigenvalue weighted by Crippen LogP contribution is 2.57. The zero-order valence-corrected chi connectivity index (χ0v) is 44.2. The van der Waals surface area contributed by atoms with Gasteiger partial charge < -0.3 is 14.7 Å². The molecule has 3 nitrogen and oxygen atoms in total. The van der Waals surface area contributed by atoms with E-state index in [1.165, 1.54) is 105 Å². The van der Waals surface area contributed by atoms with Crippen molar-refractivity contribution in [3.63, 3.8) is 0 Å². The predicted molar refractivity (Wildman–Crippen MR) is 316 cm³/mol. The van der Waals surface area contributed by atoms with Crippen molar-refractivity contribution in [2.75, 3.05) is 14.7 Å². The molecule has 1 heterocycles. The second-order valence-electron chi connectivity index (χ2n) is 23.7. The highest BCUT2D eigenvalue weighted by molar-refractivity contribution is 6.29. The van der Waals surface area contributed by atoms with Crippen molar-refractivity contribution in [1.82, 2.24) is 0 Å². The summed E-state index contributed by atoms with van der Waals surface area (Å²) in [6.07, 6.45) is 0. The quantitative estimate of drug-likeness (QED) is 0.163. The molecule has 6 bridgehead atoms. The van der Waals surface area contributed by atoms with Crippen LogP contribution in [0.2, 0.25) is 0 Å². The van der Waals surface area contributed by atoms with E-state index in [9.17, 15) is 0 Å². The second kappa shape index (κ2) is 15.4. The van der Waals surface area contributed by atoms with Crippen molar-refractivity contribution in [1.29, 1.82) is 0 Å². The summed E-state index contributed by atoms with van der Waals surface area (Å²) < 4.78 is 0. The summed E-state index contributed by atoms with van der Waals surface area (Å²) in [5.41, 5.74) is 25.5. The van der Waals surface area contributed by atoms with Crippen LogP contribution in [0.5, 0.6) is 0 Å². The molecule has 0 N–H and O–H groups in total. The van der Waals surface area contributed by atoms with Gasteiger partial charge in [-0.15, -0.1) is 0 Å². The second-order valence-corrected chi connectivity index (χ2v) is 23.7. The molecule has 1 aliphatic heterocycles. The molecule has 0 amide bonds. The number of aryl methyl sites for hydroxylation is 3. The minimum Gasteiger partial charge on any atom is -0.310 e. The lowest BCUT2D eigenvalue weighted by Gasteiger charge is -2.36. The van der Waals surface area contributed by atoms with E-state index in [-0.39, 0.29) is 16.2 Å². The third-order valence-electron chi connectivity index (χ3n) is 17.2. The summed E-state index contributed by atoms with van der Waals surface area (Å²) in [5.74, 6) is 0. The standard InChI is InChI=1S/C71H61N3/c1-42-33-43(2)68(44(3)34-42)74-50-19-15-17-48(37-50)72(52-27-31-56-54-21-11-13-23-60(54)70(7,8)62(56)39-52)64-41-65(59-30-26-46-36-47(69(4,5)6)35-45-25-29-58(64)67(59)66(45)46)73(49-18-16-20-51(74)38-49)53-28-32-57-55-22-12-14-24-61(55)71(9,10)63(57)40-53/h11-41H,1-10H3. The van der Waals surface area contributed by atoms with Gasteiger partial charge in [0.15, 0.2) is 0 Å². The number of fused-ring (bicyclic) bond motifs is 14. The molecule has 0 atom stereocenters. The van der Waals surface area contributed by atoms with E-state index in [0.717, 1.165) is 45.5 Å². The summed E-state index contributed by atoms with van der Waals surface area (Å²) in [7, 11) is 0. The number of hydrogen-bond donors (Lipinski definition) is 0. The number of rotatable bonds is 3. The van der Waals surface area contributed by atoms with Gasteiger partial charge in [0.1, 0.15) is 0 Å². The molecule has 0 aromatic heterocycles. The first-order valence-corrected chi connectivity index (χ1v) is 26.5. The maximum atomic E-state index is 2.57. The lowest BCUT2D eigenvalue weighted by molar-refractivity contribution is 0.591. The molecule has 14 rings (SSSR count). The van der Waals surface area contributed by atoms with Gasteiger partial charge in [0.25, 0.3) is 0 Å². The average Bonchev–Trinajstić information content (AvgIpc) is 3.75. The summed E-state index contributed by atoms with van der Waals surface area (Å²) in [4.78, 5) is 7.65. The molecule has 11 aromatic rings. The first-order valence-electron chi connectivity index (χ1n) is 26.5. The molecular weight excluding hydrogens is 895 g/mol. The number of benzene rings is 11. The Labute approximate surface area is 436 Å². The molecule has 0 saturated carbocycles. The summed E-state index contributed by atoms with van der Waals surface area (Å²) in [6.45, 7) is 23.3. The average molecular weight is 956 g/mol. The Bertz CT molecular complexity index is 3930. The van der Waals surface area contributed by atoms with Crippen molar-refractivity contribution in [2.45, 2.75) is 85.5 Å². The van der Waals surface area contributed by atoms with E-state index < -0.39 is 0 Å². The zero-order chi connectivity index (χ0) is 50.7. The van der Waals surface area contributed by atoms with Crippen LogP contribution in [0.15, 0.2) is 188 Å². The van der Waals surface area contributed by atoms with Crippen LogP contribution in [0.4, 0.5) is 51.2 Å². The van der Waals surface area contributed by atoms with E-state index >= 15 is 0 Å². The molecule has 2 aliphatic carbocycles. The van der Waals surface area contributed by atoms with Gasteiger partial charge in [-0.3, -0.25) is 0 Å². The summed E-state index contributed by atoms with van der Waals surface area (Å²) >= 11 is 0. The fourth-order valence-corrected chi connectivity index (χ4v) is 13.7. The predicted octanol–water partition coefficient (Wildman–Crippen LogP) is 20.1. The van der Waals surface area contributed by atoms with Crippen molar-refractivity contribution in [2.24, 2.45) is 0 Å². The molecule has 0 radical (unpaired) electrons. The van der Waals surface area contributed by atoms with Crippen LogP contribution in [0.1, 0.15) is 93.0 Å². The fourth-order valence-electron chi connectivity index (χ4n) is 13.7. The van der Waals surface area contributed by atoms with Crippen LogP contribution in [-0.4, -0.2) is 0 Å². The molecule has 0 saturated heterocycles. The first-order chi connectivity index (χ1) is 35.6. The Balaban J connectivity index is 1.14. The number of anilines is 9. The van der Waals surface area contributed by atoms with Crippen LogP contribution >= 0.6 is 0 Å². The molecule has 0 fully saturated rings. The number of hydrogen-bond acceptors (Lipinski definition) is 3. The Kier molecular flexibility index (Phi) is 9.30. The maximum absolute atomic E-state index is 2.57. The molecular formula is C71H61N3. The van der Waals surface area contributed by atoms with Crippen LogP contribution < -0.4 is 14.7 Å². The van der Waals surface area contributed by atoms with E-state index in [2.05, 4.69) is 272 Å². The largest absolute Gasteiger partial charge is 0.310 e. The fraction of sp³-hybridized carbons (Fsp3) is 0.183. The van der Waals surface area contributed by atoms with E-state index in [1.807, 2.05) is 0 Å². The van der Waals surface area contributed by atoms with Gasteiger partial charge in [0.2, 0.25) is 0 Å². The summed E-state index contributed by atoms with van der Waals surface area (Å²) in [6, 6.07) is 72.7. The van der Waals surface area contributed by atoms with Crippen molar-refractivity contribution in [3.8, 4) is 22.3 Å². The van der Waals surface area contributed by atoms with Crippen LogP contribution in [-0.2, 0) is 16.2 Å². The van der Waals surface area contributed by atoms with Gasteiger partial charge in [-0.25, -0.2) is 0 Å². The monoisotopic (exact) mass is 955 g/mol. The van der Waals surface area contributed by atoms with Crippen molar-refractivity contribution in [3.05, 3.63) is 233 Å². The lowest BCUT2D eigenvalue weighted by atomic mass is 9.82. The van der Waals surface area contributed by atoms with E-state index in [0.29, 0.717) is 0 Å². The van der Waals surface area contributed by atoms with Crippen molar-refractivity contribution >= 4 is 83.5 Å². The molecule has 11 aromatic carbocycles. The SMILES string of the molecule is Cc1cc(C)c(N2c3cccc(c3)N(c3ccc4c(c3)C(C)(C)c3ccccc3-4)c3cc(c4ccc5cc(C(C)(C)C)cc6ccc3c4c65)N(c3ccc4c(c3)C(C)(C)c3ccccc3-4)c3cccc2c3)c(C)c1. The van der Waals surface area contributed by atoms with Crippen LogP contribution in [0, 0.1) is 20.8 Å². The Morgan fingerprint density at radius 1 is 0.351 bits per heavy atom. The van der Waals surface area contributed by atoms with E-state index in [1.54, 1.807) is 0 Å². The molecule has 0 spiro atoms. The molecule has 74 heavy (non-hydrogen) atoms. The normalized spacial score (nSPS) is 15.0. The minimum atomic E-state index is -0.188. The zero-order valence-electron chi connectivity index (χ0n) is 44.2. The molecule has 0 unspecified atom stereocenters. The van der Waals surface area contributed by atoms with E-state index in [4.69, 9.17) is 0 Å². The third-order valence-corrected chi connectivity index (χ3v) is 17.2. The van der Waals surface area contributed by atoms with Crippen molar-refractivity contribution < 1.29 is 0 Å². The van der Waals surface area contributed by atoms with Gasteiger partial charge in [-0.2, -0.15) is 0 Å². The molecule has 360 valence electrons. The van der Waals surface area contributed by atoms with Crippen LogP contribution in [0.3, 0.4) is 0 Å². The van der Waals surface area contributed by atoms with Gasteiger partial charge in [0, 0.05) is 61.1 Å². The number of nitrogens with zero attached hydrogens (tertiary/aromatic N) is 3. The van der Waals surface area contributed by atoms with Gasteiger partial charge in [-0.1, -0.05) is 175 Å². The first kappa shape index (κ1) is 44.6. The highest BCUT2D eigenvalue weighted by Gasteiger charge is 2.38.